The Morgan fingerprint density at radius 2 is 2.15 bits per heavy atom. The smallest absolute Gasteiger partial charge is 0.214 e. The molecule has 1 aliphatic carbocycles. The Labute approximate surface area is 121 Å². The van der Waals surface area contributed by atoms with Gasteiger partial charge in [-0.25, -0.2) is 8.42 Å². The van der Waals surface area contributed by atoms with Gasteiger partial charge in [0.1, 0.15) is 0 Å². The van der Waals surface area contributed by atoms with Crippen LogP contribution in [0.4, 0.5) is 0 Å². The average Bonchev–Trinajstić information content (AvgIpc) is 2.40. The molecule has 0 bridgehead atoms. The molecule has 0 aromatic carbocycles. The second kappa shape index (κ2) is 7.15. The molecule has 1 heterocycles. The minimum Gasteiger partial charge on any atom is -0.330 e. The summed E-state index contributed by atoms with van der Waals surface area (Å²) in [7, 11) is -3.22. The van der Waals surface area contributed by atoms with Gasteiger partial charge in [0.15, 0.2) is 0 Å². The van der Waals surface area contributed by atoms with Crippen LogP contribution in [0.1, 0.15) is 31.4 Å². The third-order valence-corrected chi connectivity index (χ3v) is 5.68. The van der Waals surface area contributed by atoms with E-state index in [1.807, 2.05) is 18.2 Å². The number of pyridine rings is 1. The number of aromatic nitrogens is 1. The zero-order chi connectivity index (χ0) is 14.4. The van der Waals surface area contributed by atoms with E-state index in [4.69, 9.17) is 5.73 Å². The van der Waals surface area contributed by atoms with Crippen LogP contribution in [0.2, 0.25) is 0 Å². The van der Waals surface area contributed by atoms with Crippen molar-refractivity contribution in [1.29, 1.82) is 0 Å². The van der Waals surface area contributed by atoms with E-state index in [-0.39, 0.29) is 11.8 Å². The Bertz CT molecular complexity index is 500. The van der Waals surface area contributed by atoms with Crippen LogP contribution in [0.15, 0.2) is 24.4 Å². The van der Waals surface area contributed by atoms with Crippen molar-refractivity contribution < 1.29 is 8.42 Å². The number of hydrogen-bond acceptors (Lipinski definition) is 4. The molecule has 0 unspecified atom stereocenters. The van der Waals surface area contributed by atoms with Crippen molar-refractivity contribution in [3.8, 4) is 0 Å². The van der Waals surface area contributed by atoms with Gasteiger partial charge < -0.3 is 5.73 Å². The molecule has 5 nitrogen and oxygen atoms in total. The van der Waals surface area contributed by atoms with Crippen molar-refractivity contribution in [3.05, 3.63) is 30.1 Å². The van der Waals surface area contributed by atoms with Crippen LogP contribution in [-0.4, -0.2) is 42.6 Å². The van der Waals surface area contributed by atoms with Crippen LogP contribution in [0.5, 0.6) is 0 Å². The van der Waals surface area contributed by atoms with Crippen LogP contribution in [0.3, 0.4) is 0 Å². The van der Waals surface area contributed by atoms with Crippen LogP contribution in [0, 0.1) is 0 Å². The lowest BCUT2D eigenvalue weighted by molar-refractivity contribution is 0.218. The number of nitrogens with zero attached hydrogens (tertiary/aromatic N) is 2. The zero-order valence-corrected chi connectivity index (χ0v) is 12.6. The first kappa shape index (κ1) is 15.4. The predicted octanol–water partition coefficient (Wildman–Crippen LogP) is 1.16. The van der Waals surface area contributed by atoms with Gasteiger partial charge in [-0.3, -0.25) is 4.98 Å². The van der Waals surface area contributed by atoms with Gasteiger partial charge in [-0.2, -0.15) is 4.31 Å². The summed E-state index contributed by atoms with van der Waals surface area (Å²) in [5, 5.41) is 0. The maximum atomic E-state index is 12.5. The first-order valence-electron chi connectivity index (χ1n) is 7.23. The standard InChI is InChI=1S/C14H23N3O2S/c15-9-4-11-17(14-6-3-7-14)20(18,19)12-8-13-5-1-2-10-16-13/h1-2,5,10,14H,3-4,6-9,11-12,15H2. The van der Waals surface area contributed by atoms with Gasteiger partial charge in [0.2, 0.25) is 10.0 Å². The minimum atomic E-state index is -3.22. The molecule has 1 saturated carbocycles. The molecule has 6 heteroatoms. The molecular formula is C14H23N3O2S. The summed E-state index contributed by atoms with van der Waals surface area (Å²) >= 11 is 0. The molecule has 20 heavy (non-hydrogen) atoms. The highest BCUT2D eigenvalue weighted by atomic mass is 32.2. The van der Waals surface area contributed by atoms with Crippen molar-refractivity contribution in [2.75, 3.05) is 18.8 Å². The molecule has 0 saturated heterocycles. The number of aryl methyl sites for hydroxylation is 1. The van der Waals surface area contributed by atoms with Crippen LogP contribution in [-0.2, 0) is 16.4 Å². The van der Waals surface area contributed by atoms with Gasteiger partial charge in [0.25, 0.3) is 0 Å². The van der Waals surface area contributed by atoms with E-state index in [2.05, 4.69) is 4.98 Å². The Hall–Kier alpha value is -0.980. The largest absolute Gasteiger partial charge is 0.330 e. The molecule has 0 amide bonds. The molecular weight excluding hydrogens is 274 g/mol. The number of sulfonamides is 1. The fourth-order valence-corrected chi connectivity index (χ4v) is 4.14. The highest BCUT2D eigenvalue weighted by molar-refractivity contribution is 7.89. The van der Waals surface area contributed by atoms with Gasteiger partial charge in [-0.15, -0.1) is 0 Å². The topological polar surface area (TPSA) is 76.3 Å². The Balaban J connectivity index is 1.98. The quantitative estimate of drug-likeness (QED) is 0.781. The van der Waals surface area contributed by atoms with Gasteiger partial charge in [-0.05, 0) is 37.9 Å². The summed E-state index contributed by atoms with van der Waals surface area (Å²) in [6.45, 7) is 1.07. The first-order chi connectivity index (χ1) is 9.63. The average molecular weight is 297 g/mol. The number of nitrogens with two attached hydrogens (primary N) is 1. The Kier molecular flexibility index (Phi) is 5.51. The minimum absolute atomic E-state index is 0.130. The maximum Gasteiger partial charge on any atom is 0.214 e. The Morgan fingerprint density at radius 3 is 2.70 bits per heavy atom. The summed E-state index contributed by atoms with van der Waals surface area (Å²) in [5.41, 5.74) is 6.34. The summed E-state index contributed by atoms with van der Waals surface area (Å²) in [4.78, 5) is 4.18. The van der Waals surface area contributed by atoms with E-state index in [1.165, 1.54) is 0 Å². The van der Waals surface area contributed by atoms with E-state index in [1.54, 1.807) is 10.5 Å². The second-order valence-electron chi connectivity index (χ2n) is 5.22. The molecule has 0 atom stereocenters. The molecule has 112 valence electrons. The summed E-state index contributed by atoms with van der Waals surface area (Å²) in [5.74, 6) is 0.130. The molecule has 1 fully saturated rings. The van der Waals surface area contributed by atoms with E-state index < -0.39 is 10.0 Å². The van der Waals surface area contributed by atoms with E-state index >= 15 is 0 Å². The summed E-state index contributed by atoms with van der Waals surface area (Å²) < 4.78 is 26.7. The van der Waals surface area contributed by atoms with Gasteiger partial charge >= 0.3 is 0 Å². The van der Waals surface area contributed by atoms with Crippen LogP contribution < -0.4 is 5.73 Å². The van der Waals surface area contributed by atoms with Gasteiger partial charge in [0.05, 0.1) is 5.75 Å². The third-order valence-electron chi connectivity index (χ3n) is 3.76. The van der Waals surface area contributed by atoms with Crippen molar-refractivity contribution in [2.45, 2.75) is 38.1 Å². The molecule has 1 aromatic heterocycles. The lowest BCUT2D eigenvalue weighted by Crippen LogP contribution is -2.46. The van der Waals surface area contributed by atoms with Gasteiger partial charge in [-0.1, -0.05) is 12.5 Å². The third kappa shape index (κ3) is 4.01. The molecule has 1 aliphatic rings. The van der Waals surface area contributed by atoms with Crippen LogP contribution in [0.25, 0.3) is 0 Å². The fourth-order valence-electron chi connectivity index (χ4n) is 2.37. The Morgan fingerprint density at radius 1 is 1.35 bits per heavy atom. The number of hydrogen-bond donors (Lipinski definition) is 1. The molecule has 0 aliphatic heterocycles. The van der Waals surface area contributed by atoms with E-state index in [0.717, 1.165) is 31.4 Å². The van der Waals surface area contributed by atoms with E-state index in [9.17, 15) is 8.42 Å². The lowest BCUT2D eigenvalue weighted by Gasteiger charge is -2.36. The lowest BCUT2D eigenvalue weighted by atomic mass is 9.93. The fraction of sp³-hybridized carbons (Fsp3) is 0.643. The monoisotopic (exact) mass is 297 g/mol. The molecule has 2 rings (SSSR count). The highest BCUT2D eigenvalue weighted by Crippen LogP contribution is 2.27. The van der Waals surface area contributed by atoms with Crippen molar-refractivity contribution in [3.63, 3.8) is 0 Å². The van der Waals surface area contributed by atoms with Crippen LogP contribution >= 0.6 is 0 Å². The molecule has 0 spiro atoms. The molecule has 1 aromatic rings. The normalized spacial score (nSPS) is 16.3. The summed E-state index contributed by atoms with van der Waals surface area (Å²) in [6.07, 6.45) is 5.97. The summed E-state index contributed by atoms with van der Waals surface area (Å²) in [6, 6.07) is 5.77. The SMILES string of the molecule is NCCCN(C1CCC1)S(=O)(=O)CCc1ccccn1. The van der Waals surface area contributed by atoms with Gasteiger partial charge in [0, 0.05) is 30.9 Å². The first-order valence-corrected chi connectivity index (χ1v) is 8.84. The predicted molar refractivity (Wildman–Crippen MR) is 79.7 cm³/mol. The highest BCUT2D eigenvalue weighted by Gasteiger charge is 2.32. The zero-order valence-electron chi connectivity index (χ0n) is 11.7. The molecule has 0 radical (unpaired) electrons. The molecule has 2 N–H and O–H groups in total. The second-order valence-corrected chi connectivity index (χ2v) is 7.27. The van der Waals surface area contributed by atoms with Crippen molar-refractivity contribution in [1.82, 2.24) is 9.29 Å². The number of rotatable bonds is 8. The maximum absolute atomic E-state index is 12.5. The van der Waals surface area contributed by atoms with Crippen molar-refractivity contribution >= 4 is 10.0 Å². The van der Waals surface area contributed by atoms with Crippen molar-refractivity contribution in [2.24, 2.45) is 5.73 Å². The van der Waals surface area contributed by atoms with E-state index in [0.29, 0.717) is 19.5 Å².